The zero-order valence-corrected chi connectivity index (χ0v) is 18.0. The molecule has 166 valence electrons. The number of unbranched alkanes of at least 4 members (excludes halogenated alkanes) is 1. The number of nitrogens with one attached hydrogen (secondary N) is 1. The van der Waals surface area contributed by atoms with E-state index < -0.39 is 6.10 Å². The molecule has 0 spiro atoms. The number of ether oxygens (including phenoxy) is 1. The first kappa shape index (κ1) is 23.0. The van der Waals surface area contributed by atoms with E-state index in [0.29, 0.717) is 24.5 Å². The Balaban J connectivity index is 1.33. The first-order chi connectivity index (χ1) is 15.1. The van der Waals surface area contributed by atoms with Crippen molar-refractivity contribution in [3.8, 4) is 5.75 Å². The van der Waals surface area contributed by atoms with Crippen LogP contribution in [0.1, 0.15) is 38.5 Å². The lowest BCUT2D eigenvalue weighted by Gasteiger charge is -2.14. The summed E-state index contributed by atoms with van der Waals surface area (Å²) in [5, 5.41) is 13.1. The van der Waals surface area contributed by atoms with Gasteiger partial charge in [0.25, 0.3) is 0 Å². The lowest BCUT2D eigenvalue weighted by Crippen LogP contribution is -2.24. The summed E-state index contributed by atoms with van der Waals surface area (Å²) in [6, 6.07) is 9.37. The van der Waals surface area contributed by atoms with Gasteiger partial charge < -0.3 is 15.2 Å². The zero-order valence-electron chi connectivity index (χ0n) is 18.0. The highest BCUT2D eigenvalue weighted by atomic mass is 16.5. The van der Waals surface area contributed by atoms with Gasteiger partial charge >= 0.3 is 0 Å². The third-order valence-electron chi connectivity index (χ3n) is 5.65. The van der Waals surface area contributed by atoms with Crippen LogP contribution in [-0.2, 0) is 9.59 Å². The van der Waals surface area contributed by atoms with Crippen molar-refractivity contribution in [1.82, 2.24) is 5.32 Å². The summed E-state index contributed by atoms with van der Waals surface area (Å²) in [5.74, 6) is 1.53. The molecule has 0 aromatic heterocycles. The average Bonchev–Trinajstić information content (AvgIpc) is 3.55. The number of rotatable bonds is 13. The molecule has 0 bridgehead atoms. The second-order valence-electron chi connectivity index (χ2n) is 8.37. The predicted molar refractivity (Wildman–Crippen MR) is 122 cm³/mol. The van der Waals surface area contributed by atoms with Crippen LogP contribution in [0, 0.1) is 17.8 Å². The summed E-state index contributed by atoms with van der Waals surface area (Å²) < 4.78 is 5.55. The fourth-order valence-corrected chi connectivity index (χ4v) is 3.55. The van der Waals surface area contributed by atoms with E-state index in [2.05, 4.69) is 11.4 Å². The summed E-state index contributed by atoms with van der Waals surface area (Å²) >= 11 is 0. The topological polar surface area (TPSA) is 75.6 Å². The zero-order chi connectivity index (χ0) is 21.9. The minimum absolute atomic E-state index is 0.0169. The van der Waals surface area contributed by atoms with Gasteiger partial charge in [0, 0.05) is 24.8 Å². The largest absolute Gasteiger partial charge is 0.491 e. The number of amides is 1. The third-order valence-corrected chi connectivity index (χ3v) is 5.65. The number of aliphatic hydroxyl groups excluding tert-OH is 1. The Kier molecular flexibility index (Phi) is 9.10. The molecule has 1 fully saturated rings. The van der Waals surface area contributed by atoms with Crippen molar-refractivity contribution in [1.29, 1.82) is 0 Å². The molecule has 5 nitrogen and oxygen atoms in total. The van der Waals surface area contributed by atoms with Crippen LogP contribution >= 0.6 is 0 Å². The van der Waals surface area contributed by atoms with Crippen LogP contribution in [0.3, 0.4) is 0 Å². The molecule has 0 unspecified atom stereocenters. The fourth-order valence-electron chi connectivity index (χ4n) is 3.55. The molecule has 1 aromatic carbocycles. The molecular weight excluding hydrogens is 390 g/mol. The molecule has 1 amide bonds. The van der Waals surface area contributed by atoms with Crippen LogP contribution in [0.5, 0.6) is 5.75 Å². The highest BCUT2D eigenvalue weighted by Gasteiger charge is 2.27. The maximum atomic E-state index is 12.2. The van der Waals surface area contributed by atoms with E-state index in [0.717, 1.165) is 19.4 Å². The molecule has 0 saturated heterocycles. The van der Waals surface area contributed by atoms with Crippen LogP contribution in [0.15, 0.2) is 66.8 Å². The van der Waals surface area contributed by atoms with Crippen molar-refractivity contribution in [2.24, 2.45) is 17.8 Å². The number of hydrogen-bond donors (Lipinski definition) is 2. The Bertz CT molecular complexity index is 795. The summed E-state index contributed by atoms with van der Waals surface area (Å²) in [4.78, 5) is 23.9. The van der Waals surface area contributed by atoms with Crippen LogP contribution in [0.2, 0.25) is 0 Å². The van der Waals surface area contributed by atoms with Crippen LogP contribution in [-0.4, -0.2) is 36.1 Å². The van der Waals surface area contributed by atoms with Gasteiger partial charge in [-0.2, -0.15) is 0 Å². The van der Waals surface area contributed by atoms with Gasteiger partial charge in [-0.15, -0.1) is 0 Å². The number of hydrogen-bond acceptors (Lipinski definition) is 4. The van der Waals surface area contributed by atoms with E-state index in [1.165, 1.54) is 12.8 Å². The lowest BCUT2D eigenvalue weighted by molar-refractivity contribution is -0.121. The van der Waals surface area contributed by atoms with Crippen molar-refractivity contribution in [3.05, 3.63) is 66.8 Å². The molecule has 0 aliphatic heterocycles. The second-order valence-corrected chi connectivity index (χ2v) is 8.37. The van der Waals surface area contributed by atoms with Gasteiger partial charge in [0.2, 0.25) is 5.91 Å². The molecule has 31 heavy (non-hydrogen) atoms. The van der Waals surface area contributed by atoms with Crippen molar-refractivity contribution < 1.29 is 19.4 Å². The number of allylic oxidation sites excluding steroid dienone is 5. The third kappa shape index (κ3) is 8.54. The summed E-state index contributed by atoms with van der Waals surface area (Å²) in [5.41, 5.74) is 0. The minimum atomic E-state index is -0.730. The maximum Gasteiger partial charge on any atom is 0.220 e. The smallest absolute Gasteiger partial charge is 0.220 e. The summed E-state index contributed by atoms with van der Waals surface area (Å²) in [7, 11) is 0. The van der Waals surface area contributed by atoms with E-state index in [1.54, 1.807) is 12.2 Å². The van der Waals surface area contributed by atoms with Gasteiger partial charge in [0.05, 0.1) is 0 Å². The van der Waals surface area contributed by atoms with E-state index in [9.17, 15) is 14.7 Å². The number of para-hydroxylation sites is 1. The Morgan fingerprint density at radius 2 is 2.03 bits per heavy atom. The van der Waals surface area contributed by atoms with Crippen LogP contribution in [0.25, 0.3) is 0 Å². The first-order valence-corrected chi connectivity index (χ1v) is 11.3. The molecule has 3 rings (SSSR count). The average molecular weight is 424 g/mol. The van der Waals surface area contributed by atoms with Crippen molar-refractivity contribution in [3.63, 3.8) is 0 Å². The maximum absolute atomic E-state index is 12.2. The summed E-state index contributed by atoms with van der Waals surface area (Å²) in [6.45, 7) is 0.997. The first-order valence-electron chi connectivity index (χ1n) is 11.3. The van der Waals surface area contributed by atoms with Crippen LogP contribution in [0.4, 0.5) is 0 Å². The quantitative estimate of drug-likeness (QED) is 0.371. The monoisotopic (exact) mass is 423 g/mol. The van der Waals surface area contributed by atoms with E-state index in [4.69, 9.17) is 4.74 Å². The van der Waals surface area contributed by atoms with Gasteiger partial charge in [-0.05, 0) is 56.2 Å². The molecule has 0 radical (unpaired) electrons. The molecule has 1 aromatic rings. The molecule has 2 aliphatic rings. The molecule has 2 aliphatic carbocycles. The highest BCUT2D eigenvalue weighted by molar-refractivity contribution is 5.95. The SMILES string of the molecule is O=C(CCC/C=C\C[C@H]1C(=O)C=C[C@@H]1/C=C/[C@@H](O)COc1ccccc1)NCC1CC1. The van der Waals surface area contributed by atoms with Gasteiger partial charge in [-0.1, -0.05) is 48.6 Å². The molecule has 2 N–H and O–H groups in total. The number of aliphatic hydroxyl groups is 1. The lowest BCUT2D eigenvalue weighted by atomic mass is 9.90. The fraction of sp³-hybridized carbons (Fsp3) is 0.462. The number of carbonyl (C=O) groups is 2. The van der Waals surface area contributed by atoms with E-state index in [1.807, 2.05) is 48.6 Å². The predicted octanol–water partition coefficient (Wildman–Crippen LogP) is 4.00. The van der Waals surface area contributed by atoms with Gasteiger partial charge in [-0.25, -0.2) is 0 Å². The van der Waals surface area contributed by atoms with Crippen molar-refractivity contribution in [2.45, 2.75) is 44.6 Å². The Labute approximate surface area is 184 Å². The highest BCUT2D eigenvalue weighted by Crippen LogP contribution is 2.28. The molecule has 1 saturated carbocycles. The second kappa shape index (κ2) is 12.3. The van der Waals surface area contributed by atoms with E-state index >= 15 is 0 Å². The Morgan fingerprint density at radius 3 is 2.81 bits per heavy atom. The van der Waals surface area contributed by atoms with Crippen molar-refractivity contribution in [2.75, 3.05) is 13.2 Å². The number of benzene rings is 1. The molecule has 5 heteroatoms. The Morgan fingerprint density at radius 1 is 1.23 bits per heavy atom. The van der Waals surface area contributed by atoms with Crippen LogP contribution < -0.4 is 10.1 Å². The standard InChI is InChI=1S/C26H33NO4/c28-22(19-31-23-8-4-3-5-9-23)16-14-21-15-17-25(29)24(21)10-6-1-2-7-11-26(30)27-18-20-12-13-20/h1,3-6,8-9,14-17,20-22,24,28H,2,7,10-13,18-19H2,(H,27,30)/b6-1-,16-14+/t21-,22+,24+/m0/s1. The number of carbonyl (C=O) groups excluding carboxylic acids is 2. The van der Waals surface area contributed by atoms with Crippen molar-refractivity contribution >= 4 is 11.7 Å². The van der Waals surface area contributed by atoms with E-state index in [-0.39, 0.29) is 30.1 Å². The minimum Gasteiger partial charge on any atom is -0.491 e. The molecule has 3 atom stereocenters. The van der Waals surface area contributed by atoms with Gasteiger partial charge in [0.15, 0.2) is 5.78 Å². The molecular formula is C26H33NO4. The normalized spacial score (nSPS) is 21.8. The summed E-state index contributed by atoms with van der Waals surface area (Å²) in [6.07, 6.45) is 15.8. The molecule has 0 heterocycles. The Hall–Kier alpha value is -2.66. The van der Waals surface area contributed by atoms with Gasteiger partial charge in [0.1, 0.15) is 18.5 Å². The van der Waals surface area contributed by atoms with Gasteiger partial charge in [-0.3, -0.25) is 9.59 Å². The number of ketones is 1.